The molecule has 0 radical (unpaired) electrons. The summed E-state index contributed by atoms with van der Waals surface area (Å²) in [6.45, 7) is 2.01. The molecule has 1 aromatic heterocycles. The quantitative estimate of drug-likeness (QED) is 0.734. The molecule has 0 bridgehead atoms. The van der Waals surface area contributed by atoms with E-state index in [1.54, 1.807) is 17.4 Å². The Balaban J connectivity index is 2.19. The first-order valence-corrected chi connectivity index (χ1v) is 7.49. The van der Waals surface area contributed by atoms with Gasteiger partial charge in [0.2, 0.25) is 0 Å². The Hall–Kier alpha value is -0.390. The Bertz CT molecular complexity index is 527. The minimum absolute atomic E-state index is 0.0695. The van der Waals surface area contributed by atoms with Crippen LogP contribution in [0.1, 0.15) is 17.8 Å². The zero-order valence-corrected chi connectivity index (χ0v) is 13.0. The lowest BCUT2D eigenvalue weighted by molar-refractivity contribution is 0.627. The maximum atomic E-state index is 13.7. The van der Waals surface area contributed by atoms with E-state index in [2.05, 4.69) is 37.2 Å². The lowest BCUT2D eigenvalue weighted by atomic mass is 10.2. The molecule has 2 rings (SSSR count). The van der Waals surface area contributed by atoms with Crippen LogP contribution >= 0.6 is 43.2 Å². The van der Waals surface area contributed by atoms with E-state index in [4.69, 9.17) is 0 Å². The van der Waals surface area contributed by atoms with Crippen molar-refractivity contribution in [2.24, 2.45) is 0 Å². The molecule has 1 aromatic carbocycles. The molecule has 0 aliphatic heterocycles. The van der Waals surface area contributed by atoms with Crippen LogP contribution < -0.4 is 5.32 Å². The Morgan fingerprint density at radius 2 is 2.06 bits per heavy atom. The van der Waals surface area contributed by atoms with E-state index in [9.17, 15) is 4.39 Å². The van der Waals surface area contributed by atoms with Gasteiger partial charge < -0.3 is 5.32 Å². The summed E-state index contributed by atoms with van der Waals surface area (Å²) in [5, 5.41) is 5.17. The molecule has 1 unspecified atom stereocenters. The summed E-state index contributed by atoms with van der Waals surface area (Å²) in [7, 11) is 0. The van der Waals surface area contributed by atoms with Gasteiger partial charge in [-0.2, -0.15) is 0 Å². The lowest BCUT2D eigenvalue weighted by Crippen LogP contribution is -2.06. The van der Waals surface area contributed by atoms with Crippen molar-refractivity contribution < 1.29 is 4.39 Å². The molecule has 2 aromatic rings. The highest BCUT2D eigenvalue weighted by atomic mass is 79.9. The van der Waals surface area contributed by atoms with Gasteiger partial charge in [-0.1, -0.05) is 15.9 Å². The minimum atomic E-state index is -0.251. The van der Waals surface area contributed by atoms with Gasteiger partial charge in [-0.3, -0.25) is 0 Å². The fourth-order valence-corrected chi connectivity index (χ4v) is 3.58. The van der Waals surface area contributed by atoms with Gasteiger partial charge in [0, 0.05) is 13.8 Å². The third-order valence-electron chi connectivity index (χ3n) is 2.34. The highest BCUT2D eigenvalue weighted by Crippen LogP contribution is 2.32. The van der Waals surface area contributed by atoms with Crippen molar-refractivity contribution >= 4 is 48.9 Å². The van der Waals surface area contributed by atoms with E-state index in [-0.39, 0.29) is 11.9 Å². The second-order valence-electron chi connectivity index (χ2n) is 3.62. The molecule has 0 saturated carbocycles. The molecule has 1 heterocycles. The maximum Gasteiger partial charge on any atom is 0.147 e. The molecule has 1 atom stereocenters. The van der Waals surface area contributed by atoms with Gasteiger partial charge in [0.05, 0.1) is 11.7 Å². The van der Waals surface area contributed by atoms with Gasteiger partial charge >= 0.3 is 0 Å². The number of hydrogen-bond donors (Lipinski definition) is 1. The first kappa shape index (κ1) is 13.1. The maximum absolute atomic E-state index is 13.7. The molecule has 0 spiro atoms. The molecule has 17 heavy (non-hydrogen) atoms. The van der Waals surface area contributed by atoms with Crippen LogP contribution in [0.25, 0.3) is 0 Å². The summed E-state index contributed by atoms with van der Waals surface area (Å²) in [6, 6.07) is 7.08. The van der Waals surface area contributed by atoms with Crippen molar-refractivity contribution in [1.82, 2.24) is 0 Å². The summed E-state index contributed by atoms with van der Waals surface area (Å²) in [4.78, 5) is 1.16. The Morgan fingerprint density at radius 3 is 2.65 bits per heavy atom. The van der Waals surface area contributed by atoms with E-state index in [1.165, 1.54) is 6.07 Å². The second-order valence-corrected chi connectivity index (χ2v) is 6.34. The third-order valence-corrected chi connectivity index (χ3v) is 4.89. The van der Waals surface area contributed by atoms with Gasteiger partial charge in [-0.25, -0.2) is 4.39 Å². The average Bonchev–Trinajstić information content (AvgIpc) is 2.68. The second kappa shape index (κ2) is 5.50. The molecular weight excluding hydrogens is 369 g/mol. The zero-order chi connectivity index (χ0) is 12.4. The van der Waals surface area contributed by atoms with Gasteiger partial charge in [0.1, 0.15) is 5.82 Å². The standard InChI is InChI=1S/C12H10Br2FNS/c1-7(12-9(14)4-5-17-12)16-11-3-2-8(13)6-10(11)15/h2-7,16H,1H3. The van der Waals surface area contributed by atoms with Gasteiger partial charge in [0.25, 0.3) is 0 Å². The van der Waals surface area contributed by atoms with Crippen molar-refractivity contribution in [2.45, 2.75) is 13.0 Å². The molecule has 1 nitrogen and oxygen atoms in total. The fraction of sp³-hybridized carbons (Fsp3) is 0.167. The van der Waals surface area contributed by atoms with Gasteiger partial charge in [-0.05, 0) is 52.5 Å². The number of nitrogens with one attached hydrogen (secondary N) is 1. The van der Waals surface area contributed by atoms with Crippen LogP contribution in [0.3, 0.4) is 0 Å². The first-order chi connectivity index (χ1) is 8.08. The largest absolute Gasteiger partial charge is 0.375 e. The van der Waals surface area contributed by atoms with Crippen molar-refractivity contribution in [1.29, 1.82) is 0 Å². The number of halogens is 3. The van der Waals surface area contributed by atoms with Crippen LogP contribution in [0.4, 0.5) is 10.1 Å². The molecule has 1 N–H and O–H groups in total. The number of thiophene rings is 1. The fourth-order valence-electron chi connectivity index (χ4n) is 1.52. The molecule has 0 saturated heterocycles. The highest BCUT2D eigenvalue weighted by molar-refractivity contribution is 9.10. The molecule has 0 aliphatic carbocycles. The van der Waals surface area contributed by atoms with Crippen LogP contribution in [-0.2, 0) is 0 Å². The molecule has 5 heteroatoms. The summed E-state index contributed by atoms with van der Waals surface area (Å²) < 4.78 is 15.4. The summed E-state index contributed by atoms with van der Waals surface area (Å²) in [5.74, 6) is -0.251. The van der Waals surface area contributed by atoms with Gasteiger partial charge in [-0.15, -0.1) is 11.3 Å². The van der Waals surface area contributed by atoms with Crippen LogP contribution in [0.5, 0.6) is 0 Å². The number of benzene rings is 1. The summed E-state index contributed by atoms with van der Waals surface area (Å²) in [5.41, 5.74) is 0.515. The molecule has 0 fully saturated rings. The van der Waals surface area contributed by atoms with E-state index >= 15 is 0 Å². The predicted octanol–water partition coefficient (Wildman–Crippen LogP) is 5.59. The third kappa shape index (κ3) is 3.09. The van der Waals surface area contributed by atoms with Crippen LogP contribution in [0.15, 0.2) is 38.6 Å². The normalized spacial score (nSPS) is 12.5. The zero-order valence-electron chi connectivity index (χ0n) is 9.01. The van der Waals surface area contributed by atoms with Crippen molar-refractivity contribution in [3.8, 4) is 0 Å². The average molecular weight is 379 g/mol. The van der Waals surface area contributed by atoms with Crippen molar-refractivity contribution in [3.63, 3.8) is 0 Å². The number of hydrogen-bond acceptors (Lipinski definition) is 2. The van der Waals surface area contributed by atoms with Crippen LogP contribution in [0.2, 0.25) is 0 Å². The summed E-state index contributed by atoms with van der Waals surface area (Å²) in [6.07, 6.45) is 0. The molecule has 0 aliphatic rings. The number of anilines is 1. The minimum Gasteiger partial charge on any atom is -0.375 e. The molecule has 90 valence electrons. The van der Waals surface area contributed by atoms with E-state index in [0.29, 0.717) is 5.69 Å². The Morgan fingerprint density at radius 1 is 1.29 bits per heavy atom. The Labute approximate surface area is 120 Å². The molecular formula is C12H10Br2FNS. The van der Waals surface area contributed by atoms with Crippen LogP contribution in [0, 0.1) is 5.82 Å². The predicted molar refractivity (Wildman–Crippen MR) is 78.2 cm³/mol. The van der Waals surface area contributed by atoms with Crippen molar-refractivity contribution in [3.05, 3.63) is 49.3 Å². The van der Waals surface area contributed by atoms with E-state index in [0.717, 1.165) is 13.8 Å². The smallest absolute Gasteiger partial charge is 0.147 e. The number of rotatable bonds is 3. The van der Waals surface area contributed by atoms with Crippen molar-refractivity contribution in [2.75, 3.05) is 5.32 Å². The SMILES string of the molecule is CC(Nc1ccc(Br)cc1F)c1sccc1Br. The topological polar surface area (TPSA) is 12.0 Å². The van der Waals surface area contributed by atoms with Crippen LogP contribution in [-0.4, -0.2) is 0 Å². The highest BCUT2D eigenvalue weighted by Gasteiger charge is 2.12. The first-order valence-electron chi connectivity index (χ1n) is 5.02. The van der Waals surface area contributed by atoms with Gasteiger partial charge in [0.15, 0.2) is 0 Å². The Kier molecular flexibility index (Phi) is 4.22. The van der Waals surface area contributed by atoms with E-state index in [1.807, 2.05) is 24.4 Å². The molecule has 0 amide bonds. The monoisotopic (exact) mass is 377 g/mol. The lowest BCUT2D eigenvalue weighted by Gasteiger charge is -2.15. The van der Waals surface area contributed by atoms with E-state index < -0.39 is 0 Å². The summed E-state index contributed by atoms with van der Waals surface area (Å²) >= 11 is 8.36.